The van der Waals surface area contributed by atoms with E-state index in [0.29, 0.717) is 22.1 Å². The molecule has 1 N–H and O–H groups in total. The van der Waals surface area contributed by atoms with Crippen LogP contribution in [0.25, 0.3) is 16.7 Å². The molecule has 0 saturated heterocycles. The molecule has 0 radical (unpaired) electrons. The Balaban J connectivity index is 1.81. The second-order valence-corrected chi connectivity index (χ2v) is 6.22. The molecule has 0 unspecified atom stereocenters. The first kappa shape index (κ1) is 16.3. The van der Waals surface area contributed by atoms with E-state index in [4.69, 9.17) is 11.6 Å². The Morgan fingerprint density at radius 3 is 2.54 bits per heavy atom. The Hall–Kier alpha value is -3.19. The maximum atomic E-state index is 12.8. The normalized spacial score (nSPS) is 11.2. The van der Waals surface area contributed by atoms with Crippen molar-refractivity contribution in [1.29, 1.82) is 0 Å². The highest BCUT2D eigenvalue weighted by atomic mass is 35.5. The fraction of sp³-hybridized carbons (Fsp3) is 0.111. The van der Waals surface area contributed by atoms with Crippen molar-refractivity contribution >= 4 is 39.9 Å². The van der Waals surface area contributed by atoms with Crippen LogP contribution in [-0.2, 0) is 11.3 Å². The van der Waals surface area contributed by atoms with E-state index in [0.717, 1.165) is 5.52 Å². The molecule has 2 aromatic heterocycles. The Morgan fingerprint density at radius 2 is 1.77 bits per heavy atom. The average molecular weight is 368 g/mol. The summed E-state index contributed by atoms with van der Waals surface area (Å²) in [6, 6.07) is 14.3. The van der Waals surface area contributed by atoms with Crippen LogP contribution in [0, 0.1) is 6.92 Å². The molecule has 0 bridgehead atoms. The smallest absolute Gasteiger partial charge is 0.297 e. The third-order valence-electron chi connectivity index (χ3n) is 4.12. The number of hydrogen-bond acceptors (Lipinski definition) is 4. The summed E-state index contributed by atoms with van der Waals surface area (Å²) in [6.07, 6.45) is 0. The second-order valence-electron chi connectivity index (χ2n) is 5.81. The zero-order chi connectivity index (χ0) is 18.3. The van der Waals surface area contributed by atoms with Gasteiger partial charge in [-0.1, -0.05) is 35.9 Å². The van der Waals surface area contributed by atoms with Gasteiger partial charge in [-0.25, -0.2) is 0 Å². The first-order valence-corrected chi connectivity index (χ1v) is 8.31. The maximum absolute atomic E-state index is 12.8. The average Bonchev–Trinajstić information content (AvgIpc) is 3.03. The molecule has 7 nitrogen and oxygen atoms in total. The van der Waals surface area contributed by atoms with E-state index in [9.17, 15) is 9.59 Å². The lowest BCUT2D eigenvalue weighted by atomic mass is 10.2. The van der Waals surface area contributed by atoms with Gasteiger partial charge in [0.1, 0.15) is 12.4 Å². The number of fused-ring (bicyclic) bond motifs is 3. The molecule has 4 rings (SSSR count). The number of aryl methyl sites for hydroxylation is 1. The molecule has 2 heterocycles. The van der Waals surface area contributed by atoms with Gasteiger partial charge in [0.25, 0.3) is 5.56 Å². The van der Waals surface area contributed by atoms with Crippen molar-refractivity contribution in [2.24, 2.45) is 0 Å². The number of para-hydroxylation sites is 3. The van der Waals surface area contributed by atoms with Crippen molar-refractivity contribution < 1.29 is 4.79 Å². The van der Waals surface area contributed by atoms with Crippen molar-refractivity contribution in [3.63, 3.8) is 0 Å². The van der Waals surface area contributed by atoms with E-state index in [1.54, 1.807) is 41.7 Å². The molecule has 4 aromatic rings. The molecule has 0 spiro atoms. The maximum Gasteiger partial charge on any atom is 0.297 e. The first-order chi connectivity index (χ1) is 12.6. The molecule has 1 amide bonds. The monoisotopic (exact) mass is 367 g/mol. The summed E-state index contributed by atoms with van der Waals surface area (Å²) in [6.45, 7) is 1.62. The molecule has 130 valence electrons. The number of anilines is 1. The number of nitrogens with one attached hydrogen (secondary N) is 1. The SMILES string of the molecule is Cc1nnc2c(=O)n(CC(=O)Nc3ccccc3Cl)c3ccccc3n12. The third kappa shape index (κ3) is 2.62. The highest BCUT2D eigenvalue weighted by Crippen LogP contribution is 2.20. The molecular formula is C18H14ClN5O2. The van der Waals surface area contributed by atoms with Crippen molar-refractivity contribution in [2.75, 3.05) is 5.32 Å². The zero-order valence-electron chi connectivity index (χ0n) is 13.8. The number of hydrogen-bond donors (Lipinski definition) is 1. The lowest BCUT2D eigenvalue weighted by molar-refractivity contribution is -0.116. The number of rotatable bonds is 3. The lowest BCUT2D eigenvalue weighted by Crippen LogP contribution is -2.29. The van der Waals surface area contributed by atoms with Crippen LogP contribution in [0.5, 0.6) is 0 Å². The number of halogens is 1. The van der Waals surface area contributed by atoms with Gasteiger partial charge in [-0.15, -0.1) is 10.2 Å². The first-order valence-electron chi connectivity index (χ1n) is 7.94. The Bertz CT molecular complexity index is 1210. The van der Waals surface area contributed by atoms with Crippen molar-refractivity contribution in [3.8, 4) is 0 Å². The van der Waals surface area contributed by atoms with Crippen LogP contribution >= 0.6 is 11.6 Å². The van der Waals surface area contributed by atoms with E-state index < -0.39 is 0 Å². The van der Waals surface area contributed by atoms with Gasteiger partial charge in [0.05, 0.1) is 21.7 Å². The van der Waals surface area contributed by atoms with Crippen LogP contribution in [0.2, 0.25) is 5.02 Å². The van der Waals surface area contributed by atoms with Crippen molar-refractivity contribution in [3.05, 3.63) is 69.7 Å². The van der Waals surface area contributed by atoms with E-state index in [2.05, 4.69) is 15.5 Å². The highest BCUT2D eigenvalue weighted by Gasteiger charge is 2.16. The quantitative estimate of drug-likeness (QED) is 0.603. The molecular weight excluding hydrogens is 354 g/mol. The van der Waals surface area contributed by atoms with Gasteiger partial charge in [0.2, 0.25) is 11.6 Å². The predicted octanol–water partition coefficient (Wildman–Crippen LogP) is 2.64. The number of nitrogens with zero attached hydrogens (tertiary/aromatic N) is 4. The van der Waals surface area contributed by atoms with Gasteiger partial charge in [-0.2, -0.15) is 0 Å². The summed E-state index contributed by atoms with van der Waals surface area (Å²) < 4.78 is 3.09. The minimum absolute atomic E-state index is 0.160. The van der Waals surface area contributed by atoms with Gasteiger partial charge >= 0.3 is 0 Å². The highest BCUT2D eigenvalue weighted by molar-refractivity contribution is 6.33. The van der Waals surface area contributed by atoms with Crippen LogP contribution < -0.4 is 10.9 Å². The van der Waals surface area contributed by atoms with Crippen LogP contribution in [0.1, 0.15) is 5.82 Å². The lowest BCUT2D eigenvalue weighted by Gasteiger charge is -2.12. The largest absolute Gasteiger partial charge is 0.323 e. The Morgan fingerprint density at radius 1 is 1.08 bits per heavy atom. The summed E-state index contributed by atoms with van der Waals surface area (Å²) in [5.74, 6) is 0.256. The van der Waals surface area contributed by atoms with Crippen molar-refractivity contribution in [1.82, 2.24) is 19.2 Å². The van der Waals surface area contributed by atoms with Crippen LogP contribution in [0.4, 0.5) is 5.69 Å². The minimum atomic E-state index is -0.376. The molecule has 0 aliphatic rings. The van der Waals surface area contributed by atoms with Gasteiger partial charge in [-0.05, 0) is 31.2 Å². The van der Waals surface area contributed by atoms with Crippen LogP contribution in [0.3, 0.4) is 0 Å². The standard InChI is InChI=1S/C18H14ClN5O2/c1-11-21-22-17-18(26)23(14-8-4-5-9-15(14)24(11)17)10-16(25)20-13-7-3-2-6-12(13)19/h2-9H,10H2,1H3,(H,20,25). The number of amides is 1. The Labute approximate surface area is 152 Å². The fourth-order valence-electron chi connectivity index (χ4n) is 2.95. The van der Waals surface area contributed by atoms with Gasteiger partial charge in [0, 0.05) is 0 Å². The second kappa shape index (κ2) is 6.27. The molecule has 0 aliphatic carbocycles. The van der Waals surface area contributed by atoms with E-state index >= 15 is 0 Å². The Kier molecular flexibility index (Phi) is 3.93. The van der Waals surface area contributed by atoms with Gasteiger partial charge in [0.15, 0.2) is 0 Å². The summed E-state index contributed by atoms with van der Waals surface area (Å²) in [5, 5.41) is 11.1. The zero-order valence-corrected chi connectivity index (χ0v) is 14.6. The minimum Gasteiger partial charge on any atom is -0.323 e. The number of benzene rings is 2. The van der Waals surface area contributed by atoms with E-state index in [1.165, 1.54) is 4.57 Å². The molecule has 26 heavy (non-hydrogen) atoms. The predicted molar refractivity (Wildman–Crippen MR) is 99.6 cm³/mol. The summed E-state index contributed by atoms with van der Waals surface area (Å²) >= 11 is 6.07. The number of carbonyl (C=O) groups is 1. The fourth-order valence-corrected chi connectivity index (χ4v) is 3.14. The third-order valence-corrected chi connectivity index (χ3v) is 4.45. The topological polar surface area (TPSA) is 81.3 Å². The summed E-state index contributed by atoms with van der Waals surface area (Å²) in [5.41, 5.74) is 1.69. The molecule has 0 atom stereocenters. The molecule has 0 saturated carbocycles. The summed E-state index contributed by atoms with van der Waals surface area (Å²) in [7, 11) is 0. The number of carbonyl (C=O) groups excluding carboxylic acids is 1. The molecule has 2 aromatic carbocycles. The number of aromatic nitrogens is 4. The molecule has 8 heteroatoms. The van der Waals surface area contributed by atoms with Crippen molar-refractivity contribution in [2.45, 2.75) is 13.5 Å². The van der Waals surface area contributed by atoms with E-state index in [1.807, 2.05) is 18.2 Å². The summed E-state index contributed by atoms with van der Waals surface area (Å²) in [4.78, 5) is 25.3. The van der Waals surface area contributed by atoms with E-state index in [-0.39, 0.29) is 23.7 Å². The van der Waals surface area contributed by atoms with Crippen LogP contribution in [0.15, 0.2) is 53.3 Å². The van der Waals surface area contributed by atoms with Gasteiger partial charge < -0.3 is 5.32 Å². The van der Waals surface area contributed by atoms with Gasteiger partial charge in [-0.3, -0.25) is 18.6 Å². The molecule has 0 aliphatic heterocycles. The molecule has 0 fully saturated rings. The van der Waals surface area contributed by atoms with Crippen LogP contribution in [-0.4, -0.2) is 25.1 Å².